The largest absolute Gasteiger partial charge is 0.0654 e. The molecule has 0 N–H and O–H groups in total. The third kappa shape index (κ3) is 8.00. The average molecular weight is 140 g/mol. The van der Waals surface area contributed by atoms with Gasteiger partial charge in [0.15, 0.2) is 0 Å². The van der Waals surface area contributed by atoms with Gasteiger partial charge in [-0.3, -0.25) is 0 Å². The number of unbranched alkanes of at least 4 members (excludes halogenated alkanes) is 7. The van der Waals surface area contributed by atoms with Gasteiger partial charge in [-0.2, -0.15) is 0 Å². The molecule has 0 heteroatoms. The number of hydrogen-bond acceptors (Lipinski definition) is 0. The SMILES string of the molecule is CC[CH]CCC[CH]CCC. The van der Waals surface area contributed by atoms with Crippen molar-refractivity contribution in [1.29, 1.82) is 0 Å². The van der Waals surface area contributed by atoms with Crippen molar-refractivity contribution < 1.29 is 0 Å². The van der Waals surface area contributed by atoms with Crippen LogP contribution in [0.25, 0.3) is 0 Å². The van der Waals surface area contributed by atoms with E-state index in [-0.39, 0.29) is 0 Å². The van der Waals surface area contributed by atoms with Gasteiger partial charge < -0.3 is 0 Å². The molecular formula is C10H20. The Bertz CT molecular complexity index is 40.0. The van der Waals surface area contributed by atoms with Gasteiger partial charge in [-0.05, 0) is 12.8 Å². The zero-order valence-electron chi connectivity index (χ0n) is 7.40. The lowest BCUT2D eigenvalue weighted by atomic mass is 10.1. The molecule has 0 spiro atoms. The van der Waals surface area contributed by atoms with Crippen LogP contribution in [0.3, 0.4) is 0 Å². The Morgan fingerprint density at radius 3 is 2.20 bits per heavy atom. The highest BCUT2D eigenvalue weighted by Crippen LogP contribution is 2.05. The van der Waals surface area contributed by atoms with Gasteiger partial charge in [-0.15, -0.1) is 0 Å². The van der Waals surface area contributed by atoms with Gasteiger partial charge in [-0.25, -0.2) is 0 Å². The van der Waals surface area contributed by atoms with Crippen LogP contribution in [0.5, 0.6) is 0 Å². The lowest BCUT2D eigenvalue weighted by Gasteiger charge is -1.97. The highest BCUT2D eigenvalue weighted by Gasteiger charge is 1.88. The van der Waals surface area contributed by atoms with Crippen molar-refractivity contribution in [3.8, 4) is 0 Å². The molecule has 60 valence electrons. The molecule has 0 aliphatic rings. The molecule has 10 heavy (non-hydrogen) atoms. The Hall–Kier alpha value is 0. The molecule has 0 aromatic heterocycles. The van der Waals surface area contributed by atoms with Crippen molar-refractivity contribution >= 4 is 0 Å². The van der Waals surface area contributed by atoms with E-state index < -0.39 is 0 Å². The number of hydrogen-bond donors (Lipinski definition) is 0. The average Bonchev–Trinajstić information content (AvgIpc) is 1.97. The van der Waals surface area contributed by atoms with E-state index in [1.165, 1.54) is 38.5 Å². The van der Waals surface area contributed by atoms with E-state index in [1.807, 2.05) is 0 Å². The molecule has 0 heterocycles. The van der Waals surface area contributed by atoms with Crippen molar-refractivity contribution in [3.05, 3.63) is 12.8 Å². The molecule has 0 amide bonds. The summed E-state index contributed by atoms with van der Waals surface area (Å²) in [6.45, 7) is 4.43. The van der Waals surface area contributed by atoms with Gasteiger partial charge in [0.25, 0.3) is 0 Å². The van der Waals surface area contributed by atoms with Crippen LogP contribution < -0.4 is 0 Å². The first-order valence-electron chi connectivity index (χ1n) is 4.55. The molecule has 0 saturated heterocycles. The summed E-state index contributed by atoms with van der Waals surface area (Å²) in [7, 11) is 0. The van der Waals surface area contributed by atoms with E-state index in [0.29, 0.717) is 0 Å². The van der Waals surface area contributed by atoms with Crippen molar-refractivity contribution in [2.75, 3.05) is 0 Å². The zero-order chi connectivity index (χ0) is 7.66. The third-order valence-electron chi connectivity index (χ3n) is 1.60. The summed E-state index contributed by atoms with van der Waals surface area (Å²) in [6, 6.07) is 0. The second kappa shape index (κ2) is 9.00. The molecule has 0 bridgehead atoms. The molecule has 0 aliphatic heterocycles. The molecule has 0 atom stereocenters. The minimum absolute atomic E-state index is 1.23. The highest BCUT2D eigenvalue weighted by molar-refractivity contribution is 4.67. The normalized spacial score (nSPS) is 10.2. The fourth-order valence-electron chi connectivity index (χ4n) is 0.959. The van der Waals surface area contributed by atoms with Crippen molar-refractivity contribution in [2.45, 2.75) is 52.4 Å². The molecule has 0 unspecified atom stereocenters. The Morgan fingerprint density at radius 2 is 1.60 bits per heavy atom. The predicted molar refractivity (Wildman–Crippen MR) is 47.7 cm³/mol. The third-order valence-corrected chi connectivity index (χ3v) is 1.60. The summed E-state index contributed by atoms with van der Waals surface area (Å²) < 4.78 is 0. The molecule has 0 rings (SSSR count). The summed E-state index contributed by atoms with van der Waals surface area (Å²) in [4.78, 5) is 0. The summed E-state index contributed by atoms with van der Waals surface area (Å²) >= 11 is 0. The maximum Gasteiger partial charge on any atom is -0.0386 e. The Balaban J connectivity index is 2.65. The maximum absolute atomic E-state index is 2.41. The molecule has 0 nitrogen and oxygen atoms in total. The second-order valence-corrected chi connectivity index (χ2v) is 2.71. The molecule has 0 saturated carbocycles. The van der Waals surface area contributed by atoms with E-state index in [1.54, 1.807) is 0 Å². The van der Waals surface area contributed by atoms with Crippen LogP contribution in [0, 0.1) is 12.8 Å². The van der Waals surface area contributed by atoms with Crippen molar-refractivity contribution in [2.24, 2.45) is 0 Å². The molecule has 2 radical (unpaired) electrons. The lowest BCUT2D eigenvalue weighted by Crippen LogP contribution is -1.79. The quantitative estimate of drug-likeness (QED) is 0.472. The lowest BCUT2D eigenvalue weighted by molar-refractivity contribution is 0.732. The first-order chi connectivity index (χ1) is 4.91. The van der Waals surface area contributed by atoms with Crippen LogP contribution in [0.2, 0.25) is 0 Å². The van der Waals surface area contributed by atoms with Crippen LogP contribution in [-0.4, -0.2) is 0 Å². The second-order valence-electron chi connectivity index (χ2n) is 2.71. The van der Waals surface area contributed by atoms with E-state index in [2.05, 4.69) is 26.7 Å². The smallest absolute Gasteiger partial charge is 0.0386 e. The van der Waals surface area contributed by atoms with Crippen molar-refractivity contribution in [3.63, 3.8) is 0 Å². The van der Waals surface area contributed by atoms with Gasteiger partial charge in [-0.1, -0.05) is 52.4 Å². The van der Waals surface area contributed by atoms with Gasteiger partial charge in [0.1, 0.15) is 0 Å². The van der Waals surface area contributed by atoms with Gasteiger partial charge >= 0.3 is 0 Å². The van der Waals surface area contributed by atoms with Crippen LogP contribution in [-0.2, 0) is 0 Å². The zero-order valence-corrected chi connectivity index (χ0v) is 7.40. The maximum atomic E-state index is 2.41. The Kier molecular flexibility index (Phi) is 9.00. The topological polar surface area (TPSA) is 0 Å². The Morgan fingerprint density at radius 1 is 0.900 bits per heavy atom. The monoisotopic (exact) mass is 140 g/mol. The minimum Gasteiger partial charge on any atom is -0.0654 e. The van der Waals surface area contributed by atoms with Crippen LogP contribution in [0.4, 0.5) is 0 Å². The summed E-state index contributed by atoms with van der Waals surface area (Å²) in [5, 5.41) is 0. The van der Waals surface area contributed by atoms with Crippen LogP contribution in [0.1, 0.15) is 52.4 Å². The summed E-state index contributed by atoms with van der Waals surface area (Å²) in [5.41, 5.74) is 0. The number of rotatable bonds is 7. The first-order valence-corrected chi connectivity index (χ1v) is 4.55. The fraction of sp³-hybridized carbons (Fsp3) is 0.800. The van der Waals surface area contributed by atoms with Crippen molar-refractivity contribution in [1.82, 2.24) is 0 Å². The van der Waals surface area contributed by atoms with E-state index in [9.17, 15) is 0 Å². The van der Waals surface area contributed by atoms with Crippen LogP contribution >= 0.6 is 0 Å². The van der Waals surface area contributed by atoms with Crippen LogP contribution in [0.15, 0.2) is 0 Å². The molecule has 0 aliphatic carbocycles. The first kappa shape index (κ1) is 10.0. The van der Waals surface area contributed by atoms with Gasteiger partial charge in [0.2, 0.25) is 0 Å². The fourth-order valence-corrected chi connectivity index (χ4v) is 0.959. The summed E-state index contributed by atoms with van der Waals surface area (Å²) in [5.74, 6) is 0. The molecule has 0 fully saturated rings. The minimum atomic E-state index is 1.23. The van der Waals surface area contributed by atoms with Gasteiger partial charge in [0.05, 0.1) is 0 Å². The standard InChI is InChI=1S/C10H20/c1-3-5-7-9-10-8-6-4-2/h5,8H,3-4,6-7,9-10H2,1-2H3. The predicted octanol–water partition coefficient (Wildman–Crippen LogP) is 3.78. The van der Waals surface area contributed by atoms with Gasteiger partial charge in [0, 0.05) is 0 Å². The highest BCUT2D eigenvalue weighted by atomic mass is 13.9. The van der Waals surface area contributed by atoms with E-state index in [4.69, 9.17) is 0 Å². The van der Waals surface area contributed by atoms with E-state index in [0.717, 1.165) is 0 Å². The molecular weight excluding hydrogens is 120 g/mol. The van der Waals surface area contributed by atoms with E-state index >= 15 is 0 Å². The summed E-state index contributed by atoms with van der Waals surface area (Å²) in [6.07, 6.45) is 12.6. The molecule has 0 aromatic carbocycles. The molecule has 0 aromatic rings. The Labute approximate surface area is 66.0 Å².